The van der Waals surface area contributed by atoms with Crippen LogP contribution in [-0.4, -0.2) is 5.11 Å². The van der Waals surface area contributed by atoms with E-state index in [0.29, 0.717) is 16.6 Å². The molecule has 0 atom stereocenters. The van der Waals surface area contributed by atoms with Gasteiger partial charge in [0.05, 0.1) is 16.1 Å². The molecule has 0 radical (unpaired) electrons. The van der Waals surface area contributed by atoms with Crippen LogP contribution in [0.15, 0.2) is 46.9 Å². The molecule has 2 rings (SSSR count). The van der Waals surface area contributed by atoms with Crippen LogP contribution in [0, 0.1) is 11.3 Å². The minimum absolute atomic E-state index is 0.233. The molecule has 0 aliphatic heterocycles. The van der Waals surface area contributed by atoms with Crippen LogP contribution >= 0.6 is 15.9 Å². The summed E-state index contributed by atoms with van der Waals surface area (Å²) in [5.74, 6) is 0.233. The highest BCUT2D eigenvalue weighted by Crippen LogP contribution is 2.24. The lowest BCUT2D eigenvalue weighted by molar-refractivity contribution is 0.471. The molecule has 0 bridgehead atoms. The number of nitrogens with zero attached hydrogens (tertiary/aromatic N) is 1. The number of halogens is 1. The Morgan fingerprint density at radius 3 is 2.50 bits per heavy atom. The molecule has 3 nitrogen and oxygen atoms in total. The van der Waals surface area contributed by atoms with E-state index in [0.717, 1.165) is 11.3 Å². The molecule has 0 aliphatic carbocycles. The molecule has 0 amide bonds. The molecule has 2 aromatic rings. The third-order valence-electron chi connectivity index (χ3n) is 2.52. The van der Waals surface area contributed by atoms with Crippen LogP contribution in [0.1, 0.15) is 11.1 Å². The van der Waals surface area contributed by atoms with Crippen molar-refractivity contribution in [2.45, 2.75) is 6.54 Å². The zero-order valence-corrected chi connectivity index (χ0v) is 11.1. The average Bonchev–Trinajstić information content (AvgIpc) is 2.41. The van der Waals surface area contributed by atoms with Gasteiger partial charge >= 0.3 is 0 Å². The van der Waals surface area contributed by atoms with Crippen LogP contribution in [0.25, 0.3) is 0 Å². The molecule has 0 aromatic heterocycles. The standard InChI is InChI=1S/C14H11BrN2O/c15-13-7-11(3-6-14(13)18)9-17-12-4-1-10(8-16)2-5-12/h1-7,17-18H,9H2. The number of phenols is 1. The number of benzene rings is 2. The minimum Gasteiger partial charge on any atom is -0.507 e. The maximum Gasteiger partial charge on any atom is 0.129 e. The van der Waals surface area contributed by atoms with Gasteiger partial charge in [0, 0.05) is 12.2 Å². The van der Waals surface area contributed by atoms with Crippen LogP contribution < -0.4 is 5.32 Å². The first-order valence-electron chi connectivity index (χ1n) is 5.40. The van der Waals surface area contributed by atoms with E-state index >= 15 is 0 Å². The smallest absolute Gasteiger partial charge is 0.129 e. The Labute approximate surface area is 114 Å². The Balaban J connectivity index is 2.02. The Morgan fingerprint density at radius 1 is 1.17 bits per heavy atom. The zero-order chi connectivity index (χ0) is 13.0. The number of nitrogens with one attached hydrogen (secondary N) is 1. The summed E-state index contributed by atoms with van der Waals surface area (Å²) in [5.41, 5.74) is 2.66. The Morgan fingerprint density at radius 2 is 1.89 bits per heavy atom. The van der Waals surface area contributed by atoms with E-state index in [1.54, 1.807) is 18.2 Å². The van der Waals surface area contributed by atoms with Gasteiger partial charge in [0.1, 0.15) is 5.75 Å². The number of rotatable bonds is 3. The Bertz CT molecular complexity index is 588. The highest BCUT2D eigenvalue weighted by molar-refractivity contribution is 9.10. The maximum absolute atomic E-state index is 9.39. The number of aromatic hydroxyl groups is 1. The molecule has 0 spiro atoms. The number of phenolic OH excluding ortho intramolecular Hbond substituents is 1. The molecule has 0 heterocycles. The third kappa shape index (κ3) is 3.02. The topological polar surface area (TPSA) is 56.0 Å². The van der Waals surface area contributed by atoms with Crippen molar-refractivity contribution in [1.82, 2.24) is 0 Å². The van der Waals surface area contributed by atoms with Gasteiger partial charge in [-0.25, -0.2) is 0 Å². The first-order chi connectivity index (χ1) is 8.69. The predicted molar refractivity (Wildman–Crippen MR) is 74.3 cm³/mol. The number of hydrogen-bond donors (Lipinski definition) is 2. The Hall–Kier alpha value is -1.99. The van der Waals surface area contributed by atoms with Crippen LogP contribution in [0.2, 0.25) is 0 Å². The monoisotopic (exact) mass is 302 g/mol. The normalized spacial score (nSPS) is 9.78. The Kier molecular flexibility index (Phi) is 3.85. The summed E-state index contributed by atoms with van der Waals surface area (Å²) in [6.07, 6.45) is 0. The third-order valence-corrected chi connectivity index (χ3v) is 3.16. The lowest BCUT2D eigenvalue weighted by Crippen LogP contribution is -1.99. The number of anilines is 1. The minimum atomic E-state index is 0.233. The van der Waals surface area contributed by atoms with Gasteiger partial charge in [-0.2, -0.15) is 5.26 Å². The molecule has 2 N–H and O–H groups in total. The van der Waals surface area contributed by atoms with Crippen LogP contribution in [0.4, 0.5) is 5.69 Å². The largest absolute Gasteiger partial charge is 0.507 e. The molecule has 0 saturated carbocycles. The maximum atomic E-state index is 9.39. The molecule has 0 aliphatic rings. The molecule has 0 saturated heterocycles. The quantitative estimate of drug-likeness (QED) is 0.910. The van der Waals surface area contributed by atoms with Crippen molar-refractivity contribution in [3.63, 3.8) is 0 Å². The van der Waals surface area contributed by atoms with Crippen molar-refractivity contribution in [2.24, 2.45) is 0 Å². The van der Waals surface area contributed by atoms with Gasteiger partial charge in [0.2, 0.25) is 0 Å². The molecular weight excluding hydrogens is 292 g/mol. The SMILES string of the molecule is N#Cc1ccc(NCc2ccc(O)c(Br)c2)cc1. The van der Waals surface area contributed by atoms with E-state index in [-0.39, 0.29) is 5.75 Å². The second-order valence-corrected chi connectivity index (χ2v) is 4.68. The van der Waals surface area contributed by atoms with E-state index in [1.807, 2.05) is 24.3 Å². The van der Waals surface area contributed by atoms with Gasteiger partial charge in [-0.05, 0) is 57.9 Å². The fraction of sp³-hybridized carbons (Fsp3) is 0.0714. The van der Waals surface area contributed by atoms with Crippen molar-refractivity contribution in [3.8, 4) is 11.8 Å². The van der Waals surface area contributed by atoms with Gasteiger partial charge < -0.3 is 10.4 Å². The van der Waals surface area contributed by atoms with Gasteiger partial charge in [0.15, 0.2) is 0 Å². The lowest BCUT2D eigenvalue weighted by Gasteiger charge is -2.07. The molecule has 0 unspecified atom stereocenters. The lowest BCUT2D eigenvalue weighted by atomic mass is 10.2. The summed E-state index contributed by atoms with van der Waals surface area (Å²) in [7, 11) is 0. The summed E-state index contributed by atoms with van der Waals surface area (Å²) in [5, 5.41) is 21.3. The first kappa shape index (κ1) is 12.5. The highest BCUT2D eigenvalue weighted by atomic mass is 79.9. The second-order valence-electron chi connectivity index (χ2n) is 3.83. The predicted octanol–water partition coefficient (Wildman–Crippen LogP) is 3.64. The summed E-state index contributed by atoms with van der Waals surface area (Å²) >= 11 is 3.28. The van der Waals surface area contributed by atoms with Crippen molar-refractivity contribution in [2.75, 3.05) is 5.32 Å². The molecule has 2 aromatic carbocycles. The van der Waals surface area contributed by atoms with E-state index < -0.39 is 0 Å². The van der Waals surface area contributed by atoms with E-state index in [4.69, 9.17) is 5.26 Å². The average molecular weight is 303 g/mol. The van der Waals surface area contributed by atoms with Gasteiger partial charge in [-0.15, -0.1) is 0 Å². The van der Waals surface area contributed by atoms with Crippen molar-refractivity contribution < 1.29 is 5.11 Å². The molecule has 0 fully saturated rings. The molecule has 18 heavy (non-hydrogen) atoms. The summed E-state index contributed by atoms with van der Waals surface area (Å²) in [6, 6.07) is 14.7. The highest BCUT2D eigenvalue weighted by Gasteiger charge is 2.00. The fourth-order valence-corrected chi connectivity index (χ4v) is 1.95. The summed E-state index contributed by atoms with van der Waals surface area (Å²) in [6.45, 7) is 0.658. The van der Waals surface area contributed by atoms with E-state index in [1.165, 1.54) is 0 Å². The van der Waals surface area contributed by atoms with Gasteiger partial charge in [0.25, 0.3) is 0 Å². The zero-order valence-electron chi connectivity index (χ0n) is 9.52. The van der Waals surface area contributed by atoms with Crippen molar-refractivity contribution in [1.29, 1.82) is 5.26 Å². The van der Waals surface area contributed by atoms with E-state index in [2.05, 4.69) is 27.3 Å². The number of nitriles is 1. The van der Waals surface area contributed by atoms with Gasteiger partial charge in [-0.1, -0.05) is 6.07 Å². The van der Waals surface area contributed by atoms with Gasteiger partial charge in [-0.3, -0.25) is 0 Å². The van der Waals surface area contributed by atoms with Crippen LogP contribution in [0.5, 0.6) is 5.75 Å². The second kappa shape index (κ2) is 5.56. The molecule has 90 valence electrons. The summed E-state index contributed by atoms with van der Waals surface area (Å²) < 4.78 is 0.682. The molecular formula is C14H11BrN2O. The van der Waals surface area contributed by atoms with E-state index in [9.17, 15) is 5.11 Å². The number of hydrogen-bond acceptors (Lipinski definition) is 3. The van der Waals surface area contributed by atoms with Crippen LogP contribution in [0.3, 0.4) is 0 Å². The van der Waals surface area contributed by atoms with Crippen molar-refractivity contribution >= 4 is 21.6 Å². The first-order valence-corrected chi connectivity index (χ1v) is 6.20. The molecule has 4 heteroatoms. The van der Waals surface area contributed by atoms with Crippen LogP contribution in [-0.2, 0) is 6.54 Å². The fourth-order valence-electron chi connectivity index (χ4n) is 1.53. The summed E-state index contributed by atoms with van der Waals surface area (Å²) in [4.78, 5) is 0. The van der Waals surface area contributed by atoms with Crippen molar-refractivity contribution in [3.05, 3.63) is 58.1 Å².